The van der Waals surface area contributed by atoms with E-state index >= 15 is 0 Å². The summed E-state index contributed by atoms with van der Waals surface area (Å²) in [7, 11) is 1.40. The van der Waals surface area contributed by atoms with Gasteiger partial charge in [-0.25, -0.2) is 9.78 Å². The SMILES string of the molecule is COC(=O)c1cccn2cc(CC3CCCCN3C(C)C)nc12. The number of esters is 1. The maximum atomic E-state index is 11.9. The predicted molar refractivity (Wildman–Crippen MR) is 89.7 cm³/mol. The van der Waals surface area contributed by atoms with E-state index in [0.717, 1.165) is 12.1 Å². The average molecular weight is 315 g/mol. The fourth-order valence-electron chi connectivity index (χ4n) is 3.59. The van der Waals surface area contributed by atoms with Crippen LogP contribution in [-0.4, -0.2) is 46.0 Å². The third-order valence-electron chi connectivity index (χ3n) is 4.72. The largest absolute Gasteiger partial charge is 0.465 e. The van der Waals surface area contributed by atoms with Gasteiger partial charge in [0.15, 0.2) is 5.65 Å². The number of carbonyl (C=O) groups is 1. The number of aromatic nitrogens is 2. The number of pyridine rings is 1. The predicted octanol–water partition coefficient (Wildman–Crippen LogP) is 2.93. The van der Waals surface area contributed by atoms with E-state index < -0.39 is 0 Å². The van der Waals surface area contributed by atoms with Gasteiger partial charge in [-0.3, -0.25) is 4.90 Å². The van der Waals surface area contributed by atoms with Crippen LogP contribution >= 0.6 is 0 Å². The van der Waals surface area contributed by atoms with Crippen LogP contribution in [0.25, 0.3) is 5.65 Å². The van der Waals surface area contributed by atoms with Gasteiger partial charge in [0.1, 0.15) is 5.56 Å². The maximum Gasteiger partial charge on any atom is 0.341 e. The van der Waals surface area contributed by atoms with Gasteiger partial charge in [-0.05, 0) is 45.4 Å². The van der Waals surface area contributed by atoms with Crippen LogP contribution < -0.4 is 0 Å². The zero-order chi connectivity index (χ0) is 16.4. The first-order chi connectivity index (χ1) is 11.1. The second-order valence-electron chi connectivity index (χ2n) is 6.56. The van der Waals surface area contributed by atoms with Gasteiger partial charge < -0.3 is 9.14 Å². The number of rotatable bonds is 4. The summed E-state index contributed by atoms with van der Waals surface area (Å²) in [6.07, 6.45) is 8.69. The molecule has 5 heteroatoms. The molecule has 2 aromatic heterocycles. The Labute approximate surface area is 137 Å². The number of imidazole rings is 1. The normalized spacial score (nSPS) is 19.4. The van der Waals surface area contributed by atoms with Crippen LogP contribution in [0.4, 0.5) is 0 Å². The highest BCUT2D eigenvalue weighted by molar-refractivity contribution is 5.95. The minimum atomic E-state index is -0.339. The molecule has 23 heavy (non-hydrogen) atoms. The molecule has 0 N–H and O–H groups in total. The molecule has 5 nitrogen and oxygen atoms in total. The molecule has 1 unspecified atom stereocenters. The topological polar surface area (TPSA) is 46.8 Å². The fourth-order valence-corrected chi connectivity index (χ4v) is 3.59. The Bertz CT molecular complexity index is 693. The van der Waals surface area contributed by atoms with Gasteiger partial charge in [-0.1, -0.05) is 6.42 Å². The second-order valence-corrected chi connectivity index (χ2v) is 6.56. The molecule has 0 aliphatic carbocycles. The highest BCUT2D eigenvalue weighted by Crippen LogP contribution is 2.23. The van der Waals surface area contributed by atoms with Crippen molar-refractivity contribution in [1.29, 1.82) is 0 Å². The quantitative estimate of drug-likeness (QED) is 0.814. The fraction of sp³-hybridized carbons (Fsp3) is 0.556. The van der Waals surface area contributed by atoms with E-state index in [9.17, 15) is 4.79 Å². The molecule has 1 atom stereocenters. The summed E-state index contributed by atoms with van der Waals surface area (Å²) in [5, 5.41) is 0. The van der Waals surface area contributed by atoms with E-state index in [0.29, 0.717) is 23.3 Å². The molecule has 0 bridgehead atoms. The van der Waals surface area contributed by atoms with Gasteiger partial charge in [-0.15, -0.1) is 0 Å². The Balaban J connectivity index is 1.87. The molecule has 2 aromatic rings. The summed E-state index contributed by atoms with van der Waals surface area (Å²) in [6, 6.07) is 4.71. The molecule has 1 fully saturated rings. The molecular formula is C18H25N3O2. The molecule has 1 aliphatic heterocycles. The second kappa shape index (κ2) is 6.71. The first-order valence-corrected chi connectivity index (χ1v) is 8.41. The smallest absolute Gasteiger partial charge is 0.341 e. The molecule has 0 saturated carbocycles. The highest BCUT2D eigenvalue weighted by atomic mass is 16.5. The number of hydrogen-bond acceptors (Lipinski definition) is 4. The van der Waals surface area contributed by atoms with Gasteiger partial charge in [0, 0.05) is 30.9 Å². The Morgan fingerprint density at radius 3 is 3.00 bits per heavy atom. The van der Waals surface area contributed by atoms with Crippen LogP contribution in [0.15, 0.2) is 24.5 Å². The number of carbonyl (C=O) groups excluding carboxylic acids is 1. The Morgan fingerprint density at radius 2 is 2.26 bits per heavy atom. The average Bonchev–Trinajstić information content (AvgIpc) is 2.96. The van der Waals surface area contributed by atoms with Crippen molar-refractivity contribution in [3.63, 3.8) is 0 Å². The van der Waals surface area contributed by atoms with E-state index in [1.165, 1.54) is 32.9 Å². The highest BCUT2D eigenvalue weighted by Gasteiger charge is 2.25. The lowest BCUT2D eigenvalue weighted by molar-refractivity contribution is 0.0602. The minimum Gasteiger partial charge on any atom is -0.465 e. The number of fused-ring (bicyclic) bond motifs is 1. The third kappa shape index (κ3) is 3.24. The van der Waals surface area contributed by atoms with Crippen LogP contribution in [0.1, 0.15) is 49.2 Å². The van der Waals surface area contributed by atoms with Crippen LogP contribution in [0.3, 0.4) is 0 Å². The number of piperidine rings is 1. The number of likely N-dealkylation sites (tertiary alicyclic amines) is 1. The Morgan fingerprint density at radius 1 is 1.43 bits per heavy atom. The first kappa shape index (κ1) is 16.0. The van der Waals surface area contributed by atoms with Crippen molar-refractivity contribution >= 4 is 11.6 Å². The van der Waals surface area contributed by atoms with Crippen molar-refractivity contribution in [2.24, 2.45) is 0 Å². The van der Waals surface area contributed by atoms with E-state index in [1.54, 1.807) is 6.07 Å². The summed E-state index contributed by atoms with van der Waals surface area (Å²) in [4.78, 5) is 19.2. The van der Waals surface area contributed by atoms with Crippen molar-refractivity contribution in [2.45, 2.75) is 51.6 Å². The zero-order valence-electron chi connectivity index (χ0n) is 14.2. The summed E-state index contributed by atoms with van der Waals surface area (Å²) < 4.78 is 6.77. The van der Waals surface area contributed by atoms with E-state index in [1.807, 2.05) is 22.9 Å². The number of ether oxygens (including phenoxy) is 1. The molecule has 3 heterocycles. The van der Waals surface area contributed by atoms with Crippen molar-refractivity contribution in [3.05, 3.63) is 35.8 Å². The third-order valence-corrected chi connectivity index (χ3v) is 4.72. The van der Waals surface area contributed by atoms with E-state index in [2.05, 4.69) is 18.7 Å². The van der Waals surface area contributed by atoms with E-state index in [-0.39, 0.29) is 5.97 Å². The molecule has 0 amide bonds. The molecule has 124 valence electrons. The van der Waals surface area contributed by atoms with Crippen molar-refractivity contribution < 1.29 is 9.53 Å². The van der Waals surface area contributed by atoms with Crippen molar-refractivity contribution in [3.8, 4) is 0 Å². The summed E-state index contributed by atoms with van der Waals surface area (Å²) >= 11 is 0. The lowest BCUT2D eigenvalue weighted by Gasteiger charge is -2.38. The standard InChI is InChI=1S/C18H25N3O2/c1-13(2)21-10-5-4-7-15(21)11-14-12-20-9-6-8-16(17(20)19-14)18(22)23-3/h6,8-9,12-13,15H,4-5,7,10-11H2,1-3H3. The van der Waals surface area contributed by atoms with Crippen LogP contribution in [0.5, 0.6) is 0 Å². The number of hydrogen-bond donors (Lipinski definition) is 0. The lowest BCUT2D eigenvalue weighted by Crippen LogP contribution is -2.45. The van der Waals surface area contributed by atoms with Crippen molar-refractivity contribution in [2.75, 3.05) is 13.7 Å². The molecule has 0 radical (unpaired) electrons. The van der Waals surface area contributed by atoms with Gasteiger partial charge >= 0.3 is 5.97 Å². The number of nitrogens with zero attached hydrogens (tertiary/aromatic N) is 3. The Hall–Kier alpha value is -1.88. The summed E-state index contributed by atoms with van der Waals surface area (Å²) in [5.41, 5.74) is 2.24. The number of methoxy groups -OCH3 is 1. The zero-order valence-corrected chi connectivity index (χ0v) is 14.2. The Kier molecular flexibility index (Phi) is 4.66. The van der Waals surface area contributed by atoms with E-state index in [4.69, 9.17) is 9.72 Å². The van der Waals surface area contributed by atoms with Gasteiger partial charge in [0.05, 0.1) is 12.8 Å². The molecule has 3 rings (SSSR count). The molecule has 0 spiro atoms. The van der Waals surface area contributed by atoms with Gasteiger partial charge in [-0.2, -0.15) is 0 Å². The molecule has 0 aromatic carbocycles. The molecular weight excluding hydrogens is 290 g/mol. The minimum absolute atomic E-state index is 0.339. The van der Waals surface area contributed by atoms with Crippen molar-refractivity contribution in [1.82, 2.24) is 14.3 Å². The maximum absolute atomic E-state index is 11.9. The van der Waals surface area contributed by atoms with Gasteiger partial charge in [0.2, 0.25) is 0 Å². The van der Waals surface area contributed by atoms with Crippen LogP contribution in [-0.2, 0) is 11.2 Å². The molecule has 1 saturated heterocycles. The monoisotopic (exact) mass is 315 g/mol. The first-order valence-electron chi connectivity index (χ1n) is 8.41. The van der Waals surface area contributed by atoms with Crippen LogP contribution in [0, 0.1) is 0 Å². The van der Waals surface area contributed by atoms with Crippen LogP contribution in [0.2, 0.25) is 0 Å². The van der Waals surface area contributed by atoms with Gasteiger partial charge in [0.25, 0.3) is 0 Å². The lowest BCUT2D eigenvalue weighted by atomic mass is 9.97. The molecule has 1 aliphatic rings. The summed E-state index contributed by atoms with van der Waals surface area (Å²) in [5.74, 6) is -0.339. The summed E-state index contributed by atoms with van der Waals surface area (Å²) in [6.45, 7) is 5.69.